The topological polar surface area (TPSA) is 80.9 Å². The molecule has 0 fully saturated rings. The van der Waals surface area contributed by atoms with Gasteiger partial charge in [-0.25, -0.2) is 9.48 Å². The van der Waals surface area contributed by atoms with Crippen LogP contribution in [0.1, 0.15) is 15.9 Å². The van der Waals surface area contributed by atoms with Gasteiger partial charge in [-0.2, -0.15) is 0 Å². The molecule has 1 N–H and O–H groups in total. The van der Waals surface area contributed by atoms with Crippen LogP contribution in [0.2, 0.25) is 0 Å². The van der Waals surface area contributed by atoms with Crippen molar-refractivity contribution in [1.29, 1.82) is 0 Å². The van der Waals surface area contributed by atoms with Gasteiger partial charge in [0, 0.05) is 12.4 Å². The fraction of sp³-hybridized carbons (Fsp3) is 0.0769. The second-order valence-corrected chi connectivity index (χ2v) is 4.11. The molecule has 0 spiro atoms. The number of nitrogens with zero attached hydrogens (tertiary/aromatic N) is 4. The maximum Gasteiger partial charge on any atom is 0.335 e. The molecule has 3 aromatic rings. The molecule has 0 aliphatic carbocycles. The Hall–Kier alpha value is -2.76. The van der Waals surface area contributed by atoms with E-state index >= 15 is 0 Å². The molecule has 2 aromatic heterocycles. The highest BCUT2D eigenvalue weighted by Crippen LogP contribution is 2.15. The minimum atomic E-state index is -0.960. The van der Waals surface area contributed by atoms with Crippen LogP contribution < -0.4 is 0 Å². The summed E-state index contributed by atoms with van der Waals surface area (Å²) in [6.07, 6.45) is 3.41. The van der Waals surface area contributed by atoms with Crippen molar-refractivity contribution in [3.63, 3.8) is 0 Å². The summed E-state index contributed by atoms with van der Waals surface area (Å²) < 4.78 is 1.68. The van der Waals surface area contributed by atoms with E-state index in [2.05, 4.69) is 15.3 Å². The Morgan fingerprint density at radius 1 is 1.21 bits per heavy atom. The Morgan fingerprint density at radius 3 is 2.74 bits per heavy atom. The van der Waals surface area contributed by atoms with E-state index in [1.165, 1.54) is 6.07 Å². The van der Waals surface area contributed by atoms with E-state index in [4.69, 9.17) is 5.11 Å². The Morgan fingerprint density at radius 2 is 2.00 bits per heavy atom. The number of carboxylic acid groups (broad SMARTS) is 1. The summed E-state index contributed by atoms with van der Waals surface area (Å²) in [7, 11) is 0. The van der Waals surface area contributed by atoms with E-state index in [1.807, 2.05) is 12.1 Å². The Balaban J connectivity index is 2.04. The second-order valence-electron chi connectivity index (χ2n) is 4.11. The fourth-order valence-electron chi connectivity index (χ4n) is 1.88. The lowest BCUT2D eigenvalue weighted by Crippen LogP contribution is -2.03. The van der Waals surface area contributed by atoms with Crippen LogP contribution in [0.5, 0.6) is 0 Å². The number of benzene rings is 1. The molecule has 6 nitrogen and oxygen atoms in total. The van der Waals surface area contributed by atoms with E-state index < -0.39 is 5.97 Å². The maximum absolute atomic E-state index is 11.0. The van der Waals surface area contributed by atoms with Gasteiger partial charge < -0.3 is 5.11 Å². The lowest BCUT2D eigenvalue weighted by molar-refractivity contribution is 0.0697. The van der Waals surface area contributed by atoms with Gasteiger partial charge in [0.15, 0.2) is 0 Å². The van der Waals surface area contributed by atoms with E-state index in [-0.39, 0.29) is 5.56 Å². The number of aromatic carboxylic acids is 1. The van der Waals surface area contributed by atoms with Crippen molar-refractivity contribution in [2.45, 2.75) is 6.54 Å². The summed E-state index contributed by atoms with van der Waals surface area (Å²) in [5, 5.41) is 17.1. The van der Waals surface area contributed by atoms with Crippen LogP contribution in [0.15, 0.2) is 42.7 Å². The van der Waals surface area contributed by atoms with Crippen LogP contribution in [0.25, 0.3) is 11.0 Å². The lowest BCUT2D eigenvalue weighted by Gasteiger charge is -2.02. The molecule has 3 rings (SSSR count). The molecule has 94 valence electrons. The first-order valence-corrected chi connectivity index (χ1v) is 5.69. The largest absolute Gasteiger partial charge is 0.478 e. The third-order valence-corrected chi connectivity index (χ3v) is 2.84. The SMILES string of the molecule is O=C(O)c1ccc2nnn(Cc3ccncc3)c2c1. The van der Waals surface area contributed by atoms with Crippen molar-refractivity contribution in [2.75, 3.05) is 0 Å². The monoisotopic (exact) mass is 254 g/mol. The summed E-state index contributed by atoms with van der Waals surface area (Å²) in [6.45, 7) is 0.530. The number of pyridine rings is 1. The number of carbonyl (C=O) groups is 1. The van der Waals surface area contributed by atoms with Gasteiger partial charge in [-0.05, 0) is 35.9 Å². The van der Waals surface area contributed by atoms with Crippen LogP contribution in [-0.2, 0) is 6.54 Å². The summed E-state index contributed by atoms with van der Waals surface area (Å²) in [5.74, 6) is -0.960. The predicted molar refractivity (Wildman–Crippen MR) is 67.8 cm³/mol. The van der Waals surface area contributed by atoms with Gasteiger partial charge >= 0.3 is 5.97 Å². The first-order chi connectivity index (χ1) is 9.24. The van der Waals surface area contributed by atoms with Crippen molar-refractivity contribution in [3.05, 3.63) is 53.9 Å². The molecule has 0 unspecified atom stereocenters. The normalized spacial score (nSPS) is 10.7. The minimum absolute atomic E-state index is 0.228. The molecule has 2 heterocycles. The smallest absolute Gasteiger partial charge is 0.335 e. The number of hydrogen-bond donors (Lipinski definition) is 1. The van der Waals surface area contributed by atoms with Gasteiger partial charge in [0.25, 0.3) is 0 Å². The molecule has 0 bridgehead atoms. The maximum atomic E-state index is 11.0. The van der Waals surface area contributed by atoms with Gasteiger partial charge in [-0.1, -0.05) is 5.21 Å². The van der Waals surface area contributed by atoms with Crippen LogP contribution in [0, 0.1) is 0 Å². The highest BCUT2D eigenvalue weighted by molar-refractivity contribution is 5.92. The molecule has 0 saturated heterocycles. The molecular formula is C13H10N4O2. The molecule has 0 saturated carbocycles. The number of carboxylic acids is 1. The van der Waals surface area contributed by atoms with E-state index in [0.717, 1.165) is 5.56 Å². The average molecular weight is 254 g/mol. The van der Waals surface area contributed by atoms with Crippen LogP contribution in [0.4, 0.5) is 0 Å². The third-order valence-electron chi connectivity index (χ3n) is 2.84. The van der Waals surface area contributed by atoms with Crippen molar-refractivity contribution >= 4 is 17.0 Å². The zero-order valence-corrected chi connectivity index (χ0v) is 9.89. The van der Waals surface area contributed by atoms with Crippen LogP contribution in [-0.4, -0.2) is 31.1 Å². The first-order valence-electron chi connectivity index (χ1n) is 5.69. The highest BCUT2D eigenvalue weighted by Gasteiger charge is 2.09. The highest BCUT2D eigenvalue weighted by atomic mass is 16.4. The van der Waals surface area contributed by atoms with Gasteiger partial charge in [0.05, 0.1) is 17.6 Å². The molecule has 0 atom stereocenters. The zero-order valence-electron chi connectivity index (χ0n) is 9.89. The fourth-order valence-corrected chi connectivity index (χ4v) is 1.88. The number of aromatic nitrogens is 4. The Labute approximate surface area is 108 Å². The molecule has 0 aliphatic heterocycles. The molecule has 0 radical (unpaired) electrons. The van der Waals surface area contributed by atoms with Gasteiger partial charge in [-0.3, -0.25) is 4.98 Å². The molecular weight excluding hydrogens is 244 g/mol. The lowest BCUT2D eigenvalue weighted by atomic mass is 10.2. The summed E-state index contributed by atoms with van der Waals surface area (Å²) in [6, 6.07) is 8.53. The predicted octanol–water partition coefficient (Wildman–Crippen LogP) is 1.57. The molecule has 1 aromatic carbocycles. The molecule has 0 amide bonds. The van der Waals surface area contributed by atoms with Crippen molar-refractivity contribution < 1.29 is 9.90 Å². The number of rotatable bonds is 3. The van der Waals surface area contributed by atoms with Crippen molar-refractivity contribution in [3.8, 4) is 0 Å². The van der Waals surface area contributed by atoms with Crippen molar-refractivity contribution in [2.24, 2.45) is 0 Å². The quantitative estimate of drug-likeness (QED) is 0.767. The van der Waals surface area contributed by atoms with E-state index in [0.29, 0.717) is 17.6 Å². The average Bonchev–Trinajstić information content (AvgIpc) is 2.82. The summed E-state index contributed by atoms with van der Waals surface area (Å²) >= 11 is 0. The number of fused-ring (bicyclic) bond motifs is 1. The number of hydrogen-bond acceptors (Lipinski definition) is 4. The summed E-state index contributed by atoms with van der Waals surface area (Å²) in [4.78, 5) is 14.9. The first kappa shape index (κ1) is 11.3. The minimum Gasteiger partial charge on any atom is -0.478 e. The van der Waals surface area contributed by atoms with Crippen LogP contribution >= 0.6 is 0 Å². The summed E-state index contributed by atoms with van der Waals surface area (Å²) in [5.41, 5.74) is 2.64. The van der Waals surface area contributed by atoms with E-state index in [1.54, 1.807) is 29.2 Å². The second kappa shape index (κ2) is 4.49. The third kappa shape index (κ3) is 2.15. The zero-order chi connectivity index (χ0) is 13.2. The van der Waals surface area contributed by atoms with Crippen molar-refractivity contribution in [1.82, 2.24) is 20.0 Å². The Bertz CT molecular complexity index is 737. The van der Waals surface area contributed by atoms with E-state index in [9.17, 15) is 4.79 Å². The van der Waals surface area contributed by atoms with Gasteiger partial charge in [0.1, 0.15) is 5.52 Å². The van der Waals surface area contributed by atoms with Gasteiger partial charge in [-0.15, -0.1) is 5.10 Å². The molecule has 0 aliphatic rings. The standard InChI is InChI=1S/C13H10N4O2/c18-13(19)10-1-2-11-12(7-10)17(16-15-11)8-9-3-5-14-6-4-9/h1-7H,8H2,(H,18,19). The van der Waals surface area contributed by atoms with Crippen LogP contribution in [0.3, 0.4) is 0 Å². The van der Waals surface area contributed by atoms with Gasteiger partial charge in [0.2, 0.25) is 0 Å². The Kier molecular flexibility index (Phi) is 2.68. The molecule has 6 heteroatoms. The molecule has 19 heavy (non-hydrogen) atoms.